The van der Waals surface area contributed by atoms with Gasteiger partial charge < -0.3 is 9.64 Å². The molecule has 2 nitrogen and oxygen atoms in total. The predicted molar refractivity (Wildman–Crippen MR) is 70.7 cm³/mol. The number of nitrogens with zero attached hydrogens (tertiary/aromatic N) is 1. The first kappa shape index (κ1) is 17.7. The SMILES string of the molecule is COC(C)(CC(F)(F)C(F)(F)F)c1ccccc1N(C)C. The fraction of sp³-hybridized carbons (Fsp3) is 0.571. The van der Waals surface area contributed by atoms with E-state index in [1.54, 1.807) is 37.2 Å². The number of rotatable bonds is 5. The lowest BCUT2D eigenvalue weighted by molar-refractivity contribution is -0.298. The molecule has 1 atom stereocenters. The molecule has 0 bridgehead atoms. The molecular weight excluding hydrogens is 293 g/mol. The first-order chi connectivity index (χ1) is 9.44. The summed E-state index contributed by atoms with van der Waals surface area (Å²) in [4.78, 5) is 1.64. The van der Waals surface area contributed by atoms with Gasteiger partial charge in [0, 0.05) is 32.5 Å². The molecule has 0 saturated carbocycles. The first-order valence-corrected chi connectivity index (χ1v) is 6.21. The molecule has 0 heterocycles. The van der Waals surface area contributed by atoms with E-state index in [1.165, 1.54) is 13.0 Å². The fourth-order valence-electron chi connectivity index (χ4n) is 2.11. The summed E-state index contributed by atoms with van der Waals surface area (Å²) in [6.45, 7) is 1.23. The largest absolute Gasteiger partial charge is 0.453 e. The van der Waals surface area contributed by atoms with Crippen molar-refractivity contribution in [3.63, 3.8) is 0 Å². The van der Waals surface area contributed by atoms with E-state index in [4.69, 9.17) is 4.74 Å². The van der Waals surface area contributed by atoms with Crippen LogP contribution in [0.25, 0.3) is 0 Å². The minimum Gasteiger partial charge on any atom is -0.377 e. The smallest absolute Gasteiger partial charge is 0.377 e. The molecule has 0 aliphatic carbocycles. The molecule has 1 unspecified atom stereocenters. The van der Waals surface area contributed by atoms with Gasteiger partial charge in [-0.3, -0.25) is 0 Å². The van der Waals surface area contributed by atoms with Crippen molar-refractivity contribution >= 4 is 5.69 Å². The summed E-state index contributed by atoms with van der Waals surface area (Å²) in [6.07, 6.45) is -7.09. The molecule has 7 heteroatoms. The van der Waals surface area contributed by atoms with Crippen molar-refractivity contribution in [2.45, 2.75) is 31.0 Å². The standard InChI is InChI=1S/C14H18F5NO/c1-12(21-4,9-13(15,16)14(17,18)19)10-7-5-6-8-11(10)20(2)3/h5-8H,9H2,1-4H3. The molecule has 1 aromatic rings. The predicted octanol–water partition coefficient (Wildman–Crippen LogP) is 4.20. The number of anilines is 1. The van der Waals surface area contributed by atoms with Crippen molar-refractivity contribution < 1.29 is 26.7 Å². The van der Waals surface area contributed by atoms with Crippen LogP contribution in [0.4, 0.5) is 27.6 Å². The zero-order valence-electron chi connectivity index (χ0n) is 12.3. The summed E-state index contributed by atoms with van der Waals surface area (Å²) in [6, 6.07) is 6.38. The van der Waals surface area contributed by atoms with Gasteiger partial charge in [0.2, 0.25) is 0 Å². The molecule has 0 radical (unpaired) electrons. The Labute approximate surface area is 120 Å². The van der Waals surface area contributed by atoms with Gasteiger partial charge in [-0.15, -0.1) is 0 Å². The Morgan fingerprint density at radius 3 is 2.00 bits per heavy atom. The van der Waals surface area contributed by atoms with Crippen LogP contribution < -0.4 is 4.90 Å². The van der Waals surface area contributed by atoms with Crippen LogP contribution in [0.5, 0.6) is 0 Å². The minimum absolute atomic E-state index is 0.279. The Kier molecular flexibility index (Phi) is 4.87. The maximum absolute atomic E-state index is 13.4. The second-order valence-electron chi connectivity index (χ2n) is 5.23. The minimum atomic E-state index is -5.61. The van der Waals surface area contributed by atoms with Crippen molar-refractivity contribution in [2.75, 3.05) is 26.1 Å². The third-order valence-electron chi connectivity index (χ3n) is 3.38. The quantitative estimate of drug-likeness (QED) is 0.756. The molecule has 0 spiro atoms. The molecule has 0 aromatic heterocycles. The summed E-state index contributed by atoms with van der Waals surface area (Å²) in [7, 11) is 4.48. The normalized spacial score (nSPS) is 15.7. The third kappa shape index (κ3) is 3.64. The summed E-state index contributed by atoms with van der Waals surface area (Å²) in [5, 5.41) is 0. The van der Waals surface area contributed by atoms with Gasteiger partial charge >= 0.3 is 12.1 Å². The van der Waals surface area contributed by atoms with Gasteiger partial charge in [-0.25, -0.2) is 0 Å². The molecule has 1 aromatic carbocycles. The third-order valence-corrected chi connectivity index (χ3v) is 3.38. The van der Waals surface area contributed by atoms with Crippen LogP contribution in [0.15, 0.2) is 24.3 Å². The number of hydrogen-bond acceptors (Lipinski definition) is 2. The van der Waals surface area contributed by atoms with E-state index in [2.05, 4.69) is 0 Å². The molecule has 1 rings (SSSR count). The van der Waals surface area contributed by atoms with E-state index in [-0.39, 0.29) is 5.56 Å². The Morgan fingerprint density at radius 2 is 1.57 bits per heavy atom. The highest BCUT2D eigenvalue weighted by Crippen LogP contribution is 2.46. The van der Waals surface area contributed by atoms with Crippen LogP contribution in [0.2, 0.25) is 0 Å². The van der Waals surface area contributed by atoms with Gasteiger partial charge in [-0.05, 0) is 13.0 Å². The van der Waals surface area contributed by atoms with E-state index in [1.807, 2.05) is 0 Å². The van der Waals surface area contributed by atoms with Crippen LogP contribution in [-0.2, 0) is 10.3 Å². The number of ether oxygens (including phenoxy) is 1. The van der Waals surface area contributed by atoms with Gasteiger partial charge in [-0.2, -0.15) is 22.0 Å². The van der Waals surface area contributed by atoms with E-state index >= 15 is 0 Å². The second kappa shape index (κ2) is 5.79. The monoisotopic (exact) mass is 311 g/mol. The van der Waals surface area contributed by atoms with E-state index in [0.29, 0.717) is 5.69 Å². The number of methoxy groups -OCH3 is 1. The highest BCUT2D eigenvalue weighted by atomic mass is 19.4. The average molecular weight is 311 g/mol. The fourth-order valence-corrected chi connectivity index (χ4v) is 2.11. The summed E-state index contributed by atoms with van der Waals surface area (Å²) < 4.78 is 69.2. The number of alkyl halides is 5. The Balaban J connectivity index is 3.29. The molecule has 0 saturated heterocycles. The Hall–Kier alpha value is -1.37. The molecule has 120 valence electrons. The lowest BCUT2D eigenvalue weighted by Gasteiger charge is -2.35. The number of benzene rings is 1. The number of hydrogen-bond donors (Lipinski definition) is 0. The molecule has 0 amide bonds. The molecule has 0 aliphatic rings. The maximum Gasteiger partial charge on any atom is 0.453 e. The van der Waals surface area contributed by atoms with Crippen LogP contribution in [0, 0.1) is 0 Å². The molecular formula is C14H18F5NO. The highest BCUT2D eigenvalue weighted by molar-refractivity contribution is 5.55. The first-order valence-electron chi connectivity index (χ1n) is 6.21. The lowest BCUT2D eigenvalue weighted by Crippen LogP contribution is -2.43. The topological polar surface area (TPSA) is 12.5 Å². The van der Waals surface area contributed by atoms with Gasteiger partial charge in [-0.1, -0.05) is 18.2 Å². The average Bonchev–Trinajstić information content (AvgIpc) is 2.36. The molecule has 0 fully saturated rings. The van der Waals surface area contributed by atoms with E-state index < -0.39 is 24.1 Å². The van der Waals surface area contributed by atoms with Gasteiger partial charge in [0.1, 0.15) is 0 Å². The van der Waals surface area contributed by atoms with Crippen LogP contribution in [0.3, 0.4) is 0 Å². The van der Waals surface area contributed by atoms with Crippen molar-refractivity contribution in [1.82, 2.24) is 0 Å². The van der Waals surface area contributed by atoms with Crippen LogP contribution in [0.1, 0.15) is 18.9 Å². The van der Waals surface area contributed by atoms with Gasteiger partial charge in [0.25, 0.3) is 0 Å². The molecule has 0 N–H and O–H groups in total. The number of para-hydroxylation sites is 1. The number of halogens is 5. The van der Waals surface area contributed by atoms with Gasteiger partial charge in [0.15, 0.2) is 0 Å². The van der Waals surface area contributed by atoms with Crippen LogP contribution in [-0.4, -0.2) is 33.3 Å². The van der Waals surface area contributed by atoms with Crippen LogP contribution >= 0.6 is 0 Å². The van der Waals surface area contributed by atoms with Crippen molar-refractivity contribution in [3.05, 3.63) is 29.8 Å². The molecule has 0 aliphatic heterocycles. The Bertz CT molecular complexity index is 486. The Morgan fingerprint density at radius 1 is 1.05 bits per heavy atom. The summed E-state index contributed by atoms with van der Waals surface area (Å²) >= 11 is 0. The lowest BCUT2D eigenvalue weighted by atomic mass is 9.87. The zero-order chi connectivity index (χ0) is 16.5. The summed E-state index contributed by atoms with van der Waals surface area (Å²) in [5.41, 5.74) is -0.957. The zero-order valence-corrected chi connectivity index (χ0v) is 12.3. The summed E-state index contributed by atoms with van der Waals surface area (Å²) in [5.74, 6) is -4.84. The van der Waals surface area contributed by atoms with E-state index in [9.17, 15) is 22.0 Å². The van der Waals surface area contributed by atoms with Crippen molar-refractivity contribution in [2.24, 2.45) is 0 Å². The van der Waals surface area contributed by atoms with Gasteiger partial charge in [0.05, 0.1) is 12.0 Å². The van der Waals surface area contributed by atoms with Crippen molar-refractivity contribution in [3.8, 4) is 0 Å². The van der Waals surface area contributed by atoms with Crippen molar-refractivity contribution in [1.29, 1.82) is 0 Å². The molecule has 21 heavy (non-hydrogen) atoms. The second-order valence-corrected chi connectivity index (χ2v) is 5.23. The van der Waals surface area contributed by atoms with E-state index in [0.717, 1.165) is 7.11 Å². The maximum atomic E-state index is 13.4. The highest BCUT2D eigenvalue weighted by Gasteiger charge is 2.60.